The van der Waals surface area contributed by atoms with Crippen molar-refractivity contribution in [3.05, 3.63) is 27.7 Å². The average molecular weight is 311 g/mol. The van der Waals surface area contributed by atoms with Crippen LogP contribution in [0.3, 0.4) is 0 Å². The van der Waals surface area contributed by atoms with Crippen molar-refractivity contribution in [3.8, 4) is 0 Å². The monoisotopic (exact) mass is 311 g/mol. The van der Waals surface area contributed by atoms with Gasteiger partial charge < -0.3 is 4.74 Å². The van der Waals surface area contributed by atoms with E-state index in [4.69, 9.17) is 0 Å². The van der Waals surface area contributed by atoms with E-state index in [2.05, 4.69) is 40.7 Å². The van der Waals surface area contributed by atoms with E-state index in [1.165, 1.54) is 18.4 Å². The predicted octanol–water partition coefficient (Wildman–Crippen LogP) is 3.24. The number of thiophene rings is 1. The molecule has 108 valence electrons. The number of aromatic amines is 1. The number of carbonyl (C=O) groups is 1. The maximum absolute atomic E-state index is 11.4. The molecule has 2 rings (SSSR count). The van der Waals surface area contributed by atoms with Gasteiger partial charge in [-0.3, -0.25) is 5.10 Å². The van der Waals surface area contributed by atoms with Crippen molar-refractivity contribution in [2.45, 2.75) is 37.1 Å². The van der Waals surface area contributed by atoms with Gasteiger partial charge in [0.25, 0.3) is 0 Å². The maximum atomic E-state index is 11.4. The molecule has 7 heteroatoms. The first kappa shape index (κ1) is 15.1. The van der Waals surface area contributed by atoms with Crippen molar-refractivity contribution in [1.29, 1.82) is 0 Å². The summed E-state index contributed by atoms with van der Waals surface area (Å²) in [5.41, 5.74) is 0.561. The molecular weight excluding hydrogens is 294 g/mol. The van der Waals surface area contributed by atoms with Crippen molar-refractivity contribution in [2.24, 2.45) is 0 Å². The molecule has 2 aromatic heterocycles. The third kappa shape index (κ3) is 3.61. The molecule has 0 saturated heterocycles. The number of hydrogen-bond donors (Lipinski definition) is 1. The molecule has 1 N–H and O–H groups in total. The molecule has 0 fully saturated rings. The molecule has 0 spiro atoms. The second-order valence-corrected chi connectivity index (χ2v) is 7.24. The van der Waals surface area contributed by atoms with E-state index in [0.717, 1.165) is 21.6 Å². The molecule has 0 unspecified atom stereocenters. The van der Waals surface area contributed by atoms with Crippen molar-refractivity contribution >= 4 is 29.1 Å². The summed E-state index contributed by atoms with van der Waals surface area (Å²) >= 11 is 3.09. The van der Waals surface area contributed by atoms with Crippen LogP contribution in [0.2, 0.25) is 0 Å². The number of nitrogens with zero attached hydrogens (tertiary/aromatic N) is 2. The van der Waals surface area contributed by atoms with Gasteiger partial charge in [-0.05, 0) is 6.07 Å². The zero-order valence-electron chi connectivity index (χ0n) is 11.9. The van der Waals surface area contributed by atoms with Crippen LogP contribution in [0, 0.1) is 0 Å². The third-order valence-corrected chi connectivity index (χ3v) is 4.61. The van der Waals surface area contributed by atoms with Gasteiger partial charge in [0.05, 0.1) is 12.7 Å². The Bertz CT molecular complexity index is 599. The number of carbonyl (C=O) groups excluding carboxylic acids is 1. The number of ether oxygens (including phenoxy) is 1. The first-order valence-corrected chi connectivity index (χ1v) is 7.98. The van der Waals surface area contributed by atoms with Crippen molar-refractivity contribution in [2.75, 3.05) is 7.11 Å². The largest absolute Gasteiger partial charge is 0.465 e. The Balaban J connectivity index is 1.97. The Kier molecular flexibility index (Phi) is 4.49. The molecule has 0 atom stereocenters. The molecule has 0 aliphatic heterocycles. The number of hydrogen-bond acceptors (Lipinski definition) is 6. The van der Waals surface area contributed by atoms with Crippen LogP contribution in [0.4, 0.5) is 0 Å². The number of nitrogens with one attached hydrogen (secondary N) is 1. The zero-order valence-corrected chi connectivity index (χ0v) is 13.5. The Labute approximate surface area is 126 Å². The highest BCUT2D eigenvalue weighted by Gasteiger charge is 2.18. The van der Waals surface area contributed by atoms with Crippen LogP contribution in [-0.2, 0) is 15.9 Å². The molecule has 0 radical (unpaired) electrons. The minimum Gasteiger partial charge on any atom is -0.465 e. The zero-order chi connectivity index (χ0) is 14.8. The van der Waals surface area contributed by atoms with Gasteiger partial charge in [0.15, 0.2) is 0 Å². The Hall–Kier alpha value is -1.34. The van der Waals surface area contributed by atoms with Crippen LogP contribution in [-0.4, -0.2) is 28.3 Å². The SMILES string of the molecule is COC(=O)c1csc(CSc2n[nH]c(C(C)(C)C)n2)c1. The highest BCUT2D eigenvalue weighted by Crippen LogP contribution is 2.26. The molecule has 5 nitrogen and oxygen atoms in total. The van der Waals surface area contributed by atoms with Gasteiger partial charge in [-0.1, -0.05) is 32.5 Å². The summed E-state index contributed by atoms with van der Waals surface area (Å²) in [7, 11) is 1.39. The van der Waals surface area contributed by atoms with Gasteiger partial charge in [0, 0.05) is 21.4 Å². The number of H-pyrrole nitrogens is 1. The van der Waals surface area contributed by atoms with Gasteiger partial charge in [-0.25, -0.2) is 9.78 Å². The molecule has 0 aliphatic carbocycles. The van der Waals surface area contributed by atoms with E-state index in [9.17, 15) is 4.79 Å². The topological polar surface area (TPSA) is 67.9 Å². The molecule has 0 amide bonds. The van der Waals surface area contributed by atoms with E-state index in [-0.39, 0.29) is 11.4 Å². The fraction of sp³-hybridized carbons (Fsp3) is 0.462. The second-order valence-electron chi connectivity index (χ2n) is 5.30. The summed E-state index contributed by atoms with van der Waals surface area (Å²) in [6.07, 6.45) is 0. The molecule has 0 aliphatic rings. The fourth-order valence-corrected chi connectivity index (χ4v) is 3.17. The van der Waals surface area contributed by atoms with Crippen molar-refractivity contribution < 1.29 is 9.53 Å². The van der Waals surface area contributed by atoms with Crippen LogP contribution in [0.25, 0.3) is 0 Å². The minimum atomic E-state index is -0.301. The van der Waals surface area contributed by atoms with E-state index in [0.29, 0.717) is 5.56 Å². The average Bonchev–Trinajstić information content (AvgIpc) is 3.03. The van der Waals surface area contributed by atoms with E-state index < -0.39 is 0 Å². The number of methoxy groups -OCH3 is 1. The van der Waals surface area contributed by atoms with Gasteiger partial charge in [0.1, 0.15) is 5.82 Å². The maximum Gasteiger partial charge on any atom is 0.338 e. The van der Waals surface area contributed by atoms with Crippen LogP contribution in [0.15, 0.2) is 16.6 Å². The quantitative estimate of drug-likeness (QED) is 0.693. The van der Waals surface area contributed by atoms with Crippen molar-refractivity contribution in [3.63, 3.8) is 0 Å². The van der Waals surface area contributed by atoms with Crippen molar-refractivity contribution in [1.82, 2.24) is 15.2 Å². The first-order valence-electron chi connectivity index (χ1n) is 6.11. The summed E-state index contributed by atoms with van der Waals surface area (Å²) in [6, 6.07) is 1.85. The lowest BCUT2D eigenvalue weighted by molar-refractivity contribution is 0.0601. The minimum absolute atomic E-state index is 0.0349. The Morgan fingerprint density at radius 2 is 2.25 bits per heavy atom. The van der Waals surface area contributed by atoms with E-state index >= 15 is 0 Å². The van der Waals surface area contributed by atoms with Gasteiger partial charge in [-0.15, -0.1) is 16.4 Å². The standard InChI is InChI=1S/C13H17N3O2S2/c1-13(2,3)11-14-12(16-15-11)20-7-9-5-8(6-19-9)10(17)18-4/h5-6H,7H2,1-4H3,(H,14,15,16). The first-order chi connectivity index (χ1) is 9.40. The van der Waals surface area contributed by atoms with E-state index in [1.54, 1.807) is 17.1 Å². The molecule has 0 saturated carbocycles. The molecule has 2 heterocycles. The lowest BCUT2D eigenvalue weighted by atomic mass is 9.96. The molecular formula is C13H17N3O2S2. The molecule has 2 aromatic rings. The lowest BCUT2D eigenvalue weighted by Crippen LogP contribution is -2.13. The molecule has 20 heavy (non-hydrogen) atoms. The lowest BCUT2D eigenvalue weighted by Gasteiger charge is -2.12. The summed E-state index contributed by atoms with van der Waals surface area (Å²) in [6.45, 7) is 6.26. The van der Waals surface area contributed by atoms with Crippen LogP contribution in [0.1, 0.15) is 41.8 Å². The van der Waals surface area contributed by atoms with Crippen LogP contribution >= 0.6 is 23.1 Å². The second kappa shape index (κ2) is 5.97. The predicted molar refractivity (Wildman–Crippen MR) is 80.3 cm³/mol. The summed E-state index contributed by atoms with van der Waals surface area (Å²) < 4.78 is 4.68. The number of aromatic nitrogens is 3. The molecule has 0 bridgehead atoms. The fourth-order valence-electron chi connectivity index (χ4n) is 1.46. The Morgan fingerprint density at radius 1 is 1.50 bits per heavy atom. The van der Waals surface area contributed by atoms with Crippen LogP contribution in [0.5, 0.6) is 0 Å². The van der Waals surface area contributed by atoms with E-state index in [1.807, 2.05) is 6.07 Å². The Morgan fingerprint density at radius 3 is 2.85 bits per heavy atom. The normalized spacial score (nSPS) is 11.6. The highest BCUT2D eigenvalue weighted by atomic mass is 32.2. The van der Waals surface area contributed by atoms with Gasteiger partial charge in [-0.2, -0.15) is 0 Å². The summed E-state index contributed by atoms with van der Waals surface area (Å²) in [4.78, 5) is 16.9. The molecule has 0 aromatic carbocycles. The summed E-state index contributed by atoms with van der Waals surface area (Å²) in [5.74, 6) is 1.31. The number of rotatable bonds is 4. The van der Waals surface area contributed by atoms with Gasteiger partial charge in [0.2, 0.25) is 5.16 Å². The third-order valence-electron chi connectivity index (χ3n) is 2.59. The highest BCUT2D eigenvalue weighted by molar-refractivity contribution is 7.98. The number of esters is 1. The smallest absolute Gasteiger partial charge is 0.338 e. The van der Waals surface area contributed by atoms with Crippen LogP contribution < -0.4 is 0 Å². The number of thioether (sulfide) groups is 1. The summed E-state index contributed by atoms with van der Waals surface area (Å²) in [5, 5.41) is 9.69. The van der Waals surface area contributed by atoms with Gasteiger partial charge >= 0.3 is 5.97 Å².